The molecule has 2 aromatic rings. The van der Waals surface area contributed by atoms with Gasteiger partial charge < -0.3 is 14.7 Å². The average molecular weight is 383 g/mol. The second-order valence-corrected chi connectivity index (χ2v) is 6.82. The Balaban J connectivity index is 1.80. The number of aliphatic hydroxyl groups is 1. The van der Waals surface area contributed by atoms with E-state index < -0.39 is 18.0 Å². The molecule has 1 aromatic carbocycles. The molecule has 7 heteroatoms. The highest BCUT2D eigenvalue weighted by molar-refractivity contribution is 5.79. The summed E-state index contributed by atoms with van der Waals surface area (Å²) in [5, 5.41) is 19.8. The Labute approximate surface area is 163 Å². The number of nitrogens with zero attached hydrogens (tertiary/aromatic N) is 3. The third kappa shape index (κ3) is 4.12. The summed E-state index contributed by atoms with van der Waals surface area (Å²) in [5.41, 5.74) is 0.990. The molecule has 1 fully saturated rings. The first-order chi connectivity index (χ1) is 13.5. The molecule has 2 heterocycles. The standard InChI is InChI=1S/C21H22FN3O3/c1-28-19-7-8-24-13-16(19)21(27)18-4-2-3-9-25(18)20(26)11-14-5-6-15(12-23)17(22)10-14/h5-8,10,13,18,21,27H,2-4,9,11H2,1H3/t18-,21?/m1/s1. The molecule has 0 radical (unpaired) electrons. The fourth-order valence-electron chi connectivity index (χ4n) is 3.64. The van der Waals surface area contributed by atoms with Gasteiger partial charge in [0.1, 0.15) is 23.7 Å². The summed E-state index contributed by atoms with van der Waals surface area (Å²) >= 11 is 0. The summed E-state index contributed by atoms with van der Waals surface area (Å²) in [6.45, 7) is 0.530. The van der Waals surface area contributed by atoms with Crippen molar-refractivity contribution in [2.24, 2.45) is 0 Å². The highest BCUT2D eigenvalue weighted by Gasteiger charge is 2.34. The van der Waals surface area contributed by atoms with Crippen LogP contribution in [0.25, 0.3) is 0 Å². The third-order valence-corrected chi connectivity index (χ3v) is 5.09. The quantitative estimate of drug-likeness (QED) is 0.858. The molecule has 6 nitrogen and oxygen atoms in total. The molecule has 0 bridgehead atoms. The number of hydrogen-bond acceptors (Lipinski definition) is 5. The minimum absolute atomic E-state index is 0.00994. The zero-order valence-electron chi connectivity index (χ0n) is 15.6. The van der Waals surface area contributed by atoms with E-state index in [0.717, 1.165) is 12.8 Å². The second-order valence-electron chi connectivity index (χ2n) is 6.82. The monoisotopic (exact) mass is 383 g/mol. The molecule has 1 aliphatic heterocycles. The number of carbonyl (C=O) groups is 1. The summed E-state index contributed by atoms with van der Waals surface area (Å²) in [6, 6.07) is 7.22. The number of ether oxygens (including phenoxy) is 1. The number of hydrogen-bond donors (Lipinski definition) is 1. The minimum Gasteiger partial charge on any atom is -0.496 e. The number of carbonyl (C=O) groups excluding carboxylic acids is 1. The van der Waals surface area contributed by atoms with Crippen LogP contribution in [-0.2, 0) is 11.2 Å². The molecule has 1 aromatic heterocycles. The highest BCUT2D eigenvalue weighted by atomic mass is 19.1. The molecular weight excluding hydrogens is 361 g/mol. The highest BCUT2D eigenvalue weighted by Crippen LogP contribution is 2.33. The Morgan fingerprint density at radius 1 is 1.46 bits per heavy atom. The lowest BCUT2D eigenvalue weighted by molar-refractivity contribution is -0.137. The van der Waals surface area contributed by atoms with Crippen LogP contribution in [0, 0.1) is 17.1 Å². The number of piperidine rings is 1. The number of aliphatic hydroxyl groups excluding tert-OH is 1. The van der Waals surface area contributed by atoms with Crippen molar-refractivity contribution in [3.05, 3.63) is 59.2 Å². The summed E-state index contributed by atoms with van der Waals surface area (Å²) in [4.78, 5) is 18.6. The Bertz CT molecular complexity index is 897. The number of aromatic nitrogens is 1. The van der Waals surface area contributed by atoms with Gasteiger partial charge in [-0.05, 0) is 43.0 Å². The molecule has 1 amide bonds. The summed E-state index contributed by atoms with van der Waals surface area (Å²) in [6.07, 6.45) is 4.63. The molecule has 146 valence electrons. The van der Waals surface area contributed by atoms with Crippen LogP contribution in [0.15, 0.2) is 36.7 Å². The van der Waals surface area contributed by atoms with E-state index in [1.54, 1.807) is 35.5 Å². The summed E-state index contributed by atoms with van der Waals surface area (Å²) < 4.78 is 19.2. The lowest BCUT2D eigenvalue weighted by Crippen LogP contribution is -2.47. The van der Waals surface area contributed by atoms with Crippen molar-refractivity contribution in [1.29, 1.82) is 5.26 Å². The largest absolute Gasteiger partial charge is 0.496 e. The van der Waals surface area contributed by atoms with Crippen LogP contribution in [0.3, 0.4) is 0 Å². The maximum absolute atomic E-state index is 13.8. The van der Waals surface area contributed by atoms with E-state index >= 15 is 0 Å². The molecule has 1 saturated heterocycles. The number of likely N-dealkylation sites (tertiary alicyclic amines) is 1. The summed E-state index contributed by atoms with van der Waals surface area (Å²) in [5.74, 6) is -0.298. The predicted molar refractivity (Wildman–Crippen MR) is 99.9 cm³/mol. The van der Waals surface area contributed by atoms with Crippen LogP contribution in [0.2, 0.25) is 0 Å². The Morgan fingerprint density at radius 2 is 2.29 bits per heavy atom. The smallest absolute Gasteiger partial charge is 0.227 e. The van der Waals surface area contributed by atoms with Crippen molar-refractivity contribution in [2.45, 2.75) is 37.8 Å². The van der Waals surface area contributed by atoms with Crippen LogP contribution in [0.4, 0.5) is 4.39 Å². The number of methoxy groups -OCH3 is 1. The van der Waals surface area contributed by atoms with Gasteiger partial charge >= 0.3 is 0 Å². The molecule has 0 aliphatic carbocycles. The van der Waals surface area contributed by atoms with E-state index in [0.29, 0.717) is 29.8 Å². The molecule has 28 heavy (non-hydrogen) atoms. The first-order valence-corrected chi connectivity index (χ1v) is 9.19. The van der Waals surface area contributed by atoms with Gasteiger partial charge in [0.15, 0.2) is 0 Å². The molecule has 2 atom stereocenters. The van der Waals surface area contributed by atoms with Gasteiger partial charge in [-0.1, -0.05) is 6.07 Å². The molecular formula is C21H22FN3O3. The third-order valence-electron chi connectivity index (χ3n) is 5.09. The topological polar surface area (TPSA) is 86.5 Å². The van der Waals surface area contributed by atoms with Crippen molar-refractivity contribution >= 4 is 5.91 Å². The maximum atomic E-state index is 13.8. The predicted octanol–water partition coefficient (Wildman–Crippen LogP) is 2.76. The van der Waals surface area contributed by atoms with Crippen LogP contribution in [-0.4, -0.2) is 40.6 Å². The van der Waals surface area contributed by atoms with Crippen molar-refractivity contribution in [3.8, 4) is 11.8 Å². The molecule has 0 saturated carbocycles. The maximum Gasteiger partial charge on any atom is 0.227 e. The fourth-order valence-corrected chi connectivity index (χ4v) is 3.64. The van der Waals surface area contributed by atoms with E-state index in [1.807, 2.05) is 0 Å². The van der Waals surface area contributed by atoms with Crippen LogP contribution in [0.5, 0.6) is 5.75 Å². The number of rotatable bonds is 5. The van der Waals surface area contributed by atoms with Gasteiger partial charge in [-0.2, -0.15) is 5.26 Å². The molecule has 3 rings (SSSR count). The van der Waals surface area contributed by atoms with Gasteiger partial charge in [0, 0.05) is 24.5 Å². The van der Waals surface area contributed by atoms with Crippen LogP contribution in [0.1, 0.15) is 42.1 Å². The van der Waals surface area contributed by atoms with E-state index in [9.17, 15) is 14.3 Å². The number of nitriles is 1. The first-order valence-electron chi connectivity index (χ1n) is 9.19. The van der Waals surface area contributed by atoms with Crippen LogP contribution >= 0.6 is 0 Å². The van der Waals surface area contributed by atoms with Crippen molar-refractivity contribution < 1.29 is 19.0 Å². The van der Waals surface area contributed by atoms with E-state index in [2.05, 4.69) is 4.98 Å². The first kappa shape index (κ1) is 19.8. The van der Waals surface area contributed by atoms with E-state index in [-0.39, 0.29) is 17.9 Å². The fraction of sp³-hybridized carbons (Fsp3) is 0.381. The Hall–Kier alpha value is -2.98. The molecule has 1 aliphatic rings. The van der Waals surface area contributed by atoms with Gasteiger partial charge in [-0.15, -0.1) is 0 Å². The Kier molecular flexibility index (Phi) is 6.22. The van der Waals surface area contributed by atoms with Gasteiger partial charge in [-0.3, -0.25) is 9.78 Å². The zero-order chi connectivity index (χ0) is 20.1. The normalized spacial score (nSPS) is 17.6. The SMILES string of the molecule is COc1ccncc1C(O)[C@H]1CCCCN1C(=O)Cc1ccc(C#N)c(F)c1. The number of pyridine rings is 1. The number of benzene rings is 1. The molecule has 1 N–H and O–H groups in total. The van der Waals surface area contributed by atoms with Gasteiger partial charge in [0.25, 0.3) is 0 Å². The van der Waals surface area contributed by atoms with Crippen LogP contribution < -0.4 is 4.74 Å². The average Bonchev–Trinajstić information content (AvgIpc) is 2.73. The summed E-state index contributed by atoms with van der Waals surface area (Å²) in [7, 11) is 1.52. The van der Waals surface area contributed by atoms with Gasteiger partial charge in [-0.25, -0.2) is 4.39 Å². The minimum atomic E-state index is -0.925. The van der Waals surface area contributed by atoms with E-state index in [4.69, 9.17) is 10.00 Å². The molecule has 0 spiro atoms. The van der Waals surface area contributed by atoms with Crippen molar-refractivity contribution in [1.82, 2.24) is 9.88 Å². The second kappa shape index (κ2) is 8.81. The van der Waals surface area contributed by atoms with Crippen molar-refractivity contribution in [2.75, 3.05) is 13.7 Å². The lowest BCUT2D eigenvalue weighted by atomic mass is 9.92. The van der Waals surface area contributed by atoms with Gasteiger partial charge in [0.05, 0.1) is 25.1 Å². The Morgan fingerprint density at radius 3 is 3.00 bits per heavy atom. The van der Waals surface area contributed by atoms with E-state index in [1.165, 1.54) is 19.2 Å². The number of halogens is 1. The van der Waals surface area contributed by atoms with Gasteiger partial charge in [0.2, 0.25) is 5.91 Å². The zero-order valence-corrected chi connectivity index (χ0v) is 15.6. The lowest BCUT2D eigenvalue weighted by Gasteiger charge is -2.39. The molecule has 1 unspecified atom stereocenters. The van der Waals surface area contributed by atoms with Crippen molar-refractivity contribution in [3.63, 3.8) is 0 Å². The number of amides is 1.